The molecule has 1 heterocycles. The fourth-order valence-electron chi connectivity index (χ4n) is 3.53. The van der Waals surface area contributed by atoms with Gasteiger partial charge in [-0.3, -0.25) is 0 Å². The molecule has 5 nitrogen and oxygen atoms in total. The summed E-state index contributed by atoms with van der Waals surface area (Å²) < 4.78 is 12.5. The Kier molecular flexibility index (Phi) is 11.7. The predicted octanol–water partition coefficient (Wildman–Crippen LogP) is 9.39. The highest BCUT2D eigenvalue weighted by atomic mass is 79.9. The highest BCUT2D eigenvalue weighted by Gasteiger charge is 2.05. The molecular formula is C26H34BrN3O2S. The molecule has 0 radical (unpaired) electrons. The van der Waals surface area contributed by atoms with Crippen molar-refractivity contribution in [1.82, 2.24) is 4.98 Å². The molecule has 0 aliphatic rings. The molecule has 0 amide bonds. The van der Waals surface area contributed by atoms with Crippen molar-refractivity contribution in [3.63, 3.8) is 0 Å². The molecule has 0 atom stereocenters. The first-order valence-electron chi connectivity index (χ1n) is 12.0. The molecule has 2 aromatic carbocycles. The molecular weight excluding hydrogens is 498 g/mol. The van der Waals surface area contributed by atoms with E-state index in [0.29, 0.717) is 11.7 Å². The maximum atomic E-state index is 5.87. The lowest BCUT2D eigenvalue weighted by Crippen LogP contribution is -1.96. The van der Waals surface area contributed by atoms with E-state index in [9.17, 15) is 0 Å². The van der Waals surface area contributed by atoms with E-state index in [1.165, 1.54) is 62.7 Å². The number of unbranched alkanes of at least 4 members (excludes halogenated alkanes) is 8. The van der Waals surface area contributed by atoms with Crippen LogP contribution in [0.1, 0.15) is 64.7 Å². The van der Waals surface area contributed by atoms with Crippen LogP contribution in [-0.4, -0.2) is 23.5 Å². The normalized spacial score (nSPS) is 11.5. The zero-order valence-electron chi connectivity index (χ0n) is 19.5. The van der Waals surface area contributed by atoms with E-state index in [1.807, 2.05) is 49.4 Å². The van der Waals surface area contributed by atoms with Gasteiger partial charge < -0.3 is 9.47 Å². The third-order valence-electron chi connectivity index (χ3n) is 5.29. The number of aromatic nitrogens is 1. The second-order valence-electron chi connectivity index (χ2n) is 7.97. The van der Waals surface area contributed by atoms with Crippen molar-refractivity contribution in [1.29, 1.82) is 0 Å². The van der Waals surface area contributed by atoms with Crippen LogP contribution in [0.2, 0.25) is 0 Å². The highest BCUT2D eigenvalue weighted by Crippen LogP contribution is 2.32. The molecule has 0 aliphatic carbocycles. The monoisotopic (exact) mass is 531 g/mol. The minimum Gasteiger partial charge on any atom is -0.494 e. The first-order valence-corrected chi connectivity index (χ1v) is 14.0. The highest BCUT2D eigenvalue weighted by molar-refractivity contribution is 9.09. The van der Waals surface area contributed by atoms with Crippen LogP contribution in [0.5, 0.6) is 11.5 Å². The molecule has 33 heavy (non-hydrogen) atoms. The van der Waals surface area contributed by atoms with Gasteiger partial charge in [0.25, 0.3) is 0 Å². The number of ether oxygens (including phenoxy) is 2. The molecule has 0 spiro atoms. The van der Waals surface area contributed by atoms with Gasteiger partial charge in [0, 0.05) is 5.33 Å². The molecule has 1 aromatic heterocycles. The third kappa shape index (κ3) is 9.41. The summed E-state index contributed by atoms with van der Waals surface area (Å²) in [5.74, 6) is 1.73. The minimum absolute atomic E-state index is 0.637. The van der Waals surface area contributed by atoms with Crippen molar-refractivity contribution in [2.45, 2.75) is 64.7 Å². The average Bonchev–Trinajstić information content (AvgIpc) is 3.24. The van der Waals surface area contributed by atoms with E-state index >= 15 is 0 Å². The Balaban J connectivity index is 1.34. The molecule has 0 aliphatic heterocycles. The number of alkyl halides is 1. The summed E-state index contributed by atoms with van der Waals surface area (Å²) in [6.45, 7) is 3.39. The Bertz CT molecular complexity index is 975. The number of hydrogen-bond acceptors (Lipinski definition) is 6. The van der Waals surface area contributed by atoms with Crippen LogP contribution in [0.3, 0.4) is 0 Å². The predicted molar refractivity (Wildman–Crippen MR) is 142 cm³/mol. The van der Waals surface area contributed by atoms with Crippen LogP contribution in [-0.2, 0) is 0 Å². The Labute approximate surface area is 209 Å². The van der Waals surface area contributed by atoms with Gasteiger partial charge in [0.15, 0.2) is 0 Å². The topological polar surface area (TPSA) is 56.1 Å². The summed E-state index contributed by atoms with van der Waals surface area (Å²) in [6.07, 6.45) is 11.8. The standard InChI is InChI=1S/C26H34BrN3O2S/c1-2-31-23-16-17-24-25(20-23)33-26(28-24)30-29-21-12-14-22(15-13-21)32-19-11-9-7-5-3-4-6-8-10-18-27/h12-17,20H,2-11,18-19H2,1H3. The van der Waals surface area contributed by atoms with Gasteiger partial charge in [0.05, 0.1) is 29.1 Å². The fourth-order valence-corrected chi connectivity index (χ4v) is 4.74. The van der Waals surface area contributed by atoms with Gasteiger partial charge in [0.1, 0.15) is 11.5 Å². The second-order valence-corrected chi connectivity index (χ2v) is 9.77. The van der Waals surface area contributed by atoms with Gasteiger partial charge in [0.2, 0.25) is 5.13 Å². The number of azo groups is 1. The number of fused-ring (bicyclic) bond motifs is 1. The van der Waals surface area contributed by atoms with Crippen LogP contribution >= 0.6 is 27.3 Å². The quantitative estimate of drug-likeness (QED) is 0.105. The van der Waals surface area contributed by atoms with E-state index in [4.69, 9.17) is 9.47 Å². The van der Waals surface area contributed by atoms with Crippen LogP contribution in [0.25, 0.3) is 10.2 Å². The van der Waals surface area contributed by atoms with Gasteiger partial charge in [-0.1, -0.05) is 72.2 Å². The smallest absolute Gasteiger partial charge is 0.231 e. The summed E-state index contributed by atoms with van der Waals surface area (Å²) in [4.78, 5) is 4.52. The molecule has 0 unspecified atom stereocenters. The van der Waals surface area contributed by atoms with Gasteiger partial charge in [-0.05, 0) is 62.2 Å². The lowest BCUT2D eigenvalue weighted by atomic mass is 10.1. The van der Waals surface area contributed by atoms with Gasteiger partial charge in [-0.2, -0.15) is 0 Å². The number of hydrogen-bond donors (Lipinski definition) is 0. The molecule has 178 valence electrons. The number of thiazole rings is 1. The number of rotatable bonds is 16. The van der Waals surface area contributed by atoms with Crippen molar-refractivity contribution >= 4 is 48.3 Å². The molecule has 3 rings (SSSR count). The molecule has 0 fully saturated rings. The minimum atomic E-state index is 0.637. The Morgan fingerprint density at radius 2 is 1.45 bits per heavy atom. The Morgan fingerprint density at radius 1 is 0.788 bits per heavy atom. The lowest BCUT2D eigenvalue weighted by Gasteiger charge is -2.06. The molecule has 0 saturated carbocycles. The van der Waals surface area contributed by atoms with Crippen LogP contribution in [0.4, 0.5) is 10.8 Å². The molecule has 0 bridgehead atoms. The zero-order chi connectivity index (χ0) is 23.1. The third-order valence-corrected chi connectivity index (χ3v) is 6.76. The van der Waals surface area contributed by atoms with Crippen molar-refractivity contribution in [3.8, 4) is 11.5 Å². The summed E-state index contributed by atoms with van der Waals surface area (Å²) >= 11 is 4.99. The van der Waals surface area contributed by atoms with E-state index in [-0.39, 0.29) is 0 Å². The summed E-state index contributed by atoms with van der Waals surface area (Å²) in [5, 5.41) is 10.4. The number of halogens is 1. The molecule has 0 saturated heterocycles. The van der Waals surface area contributed by atoms with Crippen LogP contribution in [0, 0.1) is 0 Å². The number of benzene rings is 2. The molecule has 7 heteroatoms. The summed E-state index contributed by atoms with van der Waals surface area (Å²) in [6, 6.07) is 13.6. The largest absolute Gasteiger partial charge is 0.494 e. The average molecular weight is 533 g/mol. The Morgan fingerprint density at radius 3 is 2.15 bits per heavy atom. The number of nitrogens with zero attached hydrogens (tertiary/aromatic N) is 3. The zero-order valence-corrected chi connectivity index (χ0v) is 21.9. The lowest BCUT2D eigenvalue weighted by molar-refractivity contribution is 0.304. The summed E-state index contributed by atoms with van der Waals surface area (Å²) in [5.41, 5.74) is 1.69. The van der Waals surface area contributed by atoms with E-state index < -0.39 is 0 Å². The fraction of sp³-hybridized carbons (Fsp3) is 0.500. The van der Waals surface area contributed by atoms with Gasteiger partial charge in [-0.25, -0.2) is 4.98 Å². The van der Waals surface area contributed by atoms with Crippen molar-refractivity contribution in [2.24, 2.45) is 10.2 Å². The molecule has 0 N–H and O–H groups in total. The van der Waals surface area contributed by atoms with Crippen molar-refractivity contribution in [3.05, 3.63) is 42.5 Å². The maximum absolute atomic E-state index is 5.87. The second kappa shape index (κ2) is 15.0. The Hall–Kier alpha value is -1.99. The van der Waals surface area contributed by atoms with Crippen LogP contribution in [0.15, 0.2) is 52.7 Å². The van der Waals surface area contributed by atoms with Gasteiger partial charge in [-0.15, -0.1) is 10.2 Å². The van der Waals surface area contributed by atoms with E-state index in [2.05, 4.69) is 31.1 Å². The first-order chi connectivity index (χ1) is 16.3. The first kappa shape index (κ1) is 25.6. The van der Waals surface area contributed by atoms with E-state index in [1.54, 1.807) is 0 Å². The van der Waals surface area contributed by atoms with Gasteiger partial charge >= 0.3 is 0 Å². The maximum Gasteiger partial charge on any atom is 0.231 e. The van der Waals surface area contributed by atoms with Crippen molar-refractivity contribution in [2.75, 3.05) is 18.5 Å². The van der Waals surface area contributed by atoms with E-state index in [0.717, 1.165) is 45.8 Å². The molecule has 3 aromatic rings. The summed E-state index contributed by atoms with van der Waals surface area (Å²) in [7, 11) is 0. The van der Waals surface area contributed by atoms with Crippen molar-refractivity contribution < 1.29 is 9.47 Å². The SMILES string of the molecule is CCOc1ccc2nc(N=Nc3ccc(OCCCCCCCCCCCBr)cc3)sc2c1. The van der Waals surface area contributed by atoms with Crippen LogP contribution < -0.4 is 9.47 Å².